The van der Waals surface area contributed by atoms with E-state index in [9.17, 15) is 0 Å². The number of hydrogen-bond donors (Lipinski definition) is 2. The lowest BCUT2D eigenvalue weighted by molar-refractivity contribution is 0.407. The predicted octanol–water partition coefficient (Wildman–Crippen LogP) is 4.81. The van der Waals surface area contributed by atoms with Crippen LogP contribution < -0.4 is 4.74 Å². The molecular formula is C27H30N6O. The van der Waals surface area contributed by atoms with Crippen molar-refractivity contribution in [2.24, 2.45) is 0 Å². The Morgan fingerprint density at radius 3 is 2.65 bits per heavy atom. The van der Waals surface area contributed by atoms with Gasteiger partial charge in [-0.2, -0.15) is 0 Å². The Bertz CT molecular complexity index is 1370. The summed E-state index contributed by atoms with van der Waals surface area (Å²) in [6.45, 7) is 2.93. The number of ether oxygens (including phenoxy) is 1. The number of imidazole rings is 1. The molecule has 0 aliphatic heterocycles. The number of nitrogens with zero attached hydrogens (tertiary/aromatic N) is 4. The van der Waals surface area contributed by atoms with E-state index < -0.39 is 0 Å². The maximum Gasteiger partial charge on any atom is 0.137 e. The van der Waals surface area contributed by atoms with Gasteiger partial charge in [0, 0.05) is 48.2 Å². The molecule has 3 heterocycles. The third kappa shape index (κ3) is 4.59. The molecule has 0 aliphatic rings. The lowest BCUT2D eigenvalue weighted by Crippen LogP contribution is -2.11. The fourth-order valence-corrected chi connectivity index (χ4v) is 4.69. The van der Waals surface area contributed by atoms with E-state index in [2.05, 4.69) is 85.3 Å². The molecule has 0 atom stereocenters. The van der Waals surface area contributed by atoms with Crippen LogP contribution in [-0.2, 0) is 32.2 Å². The van der Waals surface area contributed by atoms with Gasteiger partial charge in [0.25, 0.3) is 0 Å². The number of nitrogens with one attached hydrogen (secondary N) is 2. The highest BCUT2D eigenvalue weighted by Gasteiger charge is 2.16. The van der Waals surface area contributed by atoms with Crippen LogP contribution in [0.2, 0.25) is 0 Å². The smallest absolute Gasteiger partial charge is 0.137 e. The molecule has 5 aromatic rings. The first-order valence-electron chi connectivity index (χ1n) is 11.8. The molecule has 0 unspecified atom stereocenters. The normalized spacial score (nSPS) is 11.4. The number of methoxy groups -OCH3 is 1. The first-order valence-corrected chi connectivity index (χ1v) is 11.8. The van der Waals surface area contributed by atoms with Gasteiger partial charge in [-0.25, -0.2) is 4.98 Å². The van der Waals surface area contributed by atoms with Gasteiger partial charge in [-0.15, -0.1) is 10.2 Å². The Balaban J connectivity index is 1.38. The molecule has 0 radical (unpaired) electrons. The summed E-state index contributed by atoms with van der Waals surface area (Å²) in [7, 11) is 1.73. The quantitative estimate of drug-likeness (QED) is 0.317. The molecule has 2 aromatic carbocycles. The van der Waals surface area contributed by atoms with E-state index in [1.54, 1.807) is 13.4 Å². The van der Waals surface area contributed by atoms with Gasteiger partial charge >= 0.3 is 0 Å². The minimum Gasteiger partial charge on any atom is -0.496 e. The van der Waals surface area contributed by atoms with Crippen molar-refractivity contribution >= 4 is 10.9 Å². The maximum absolute atomic E-state index is 5.69. The molecule has 0 aliphatic carbocycles. The number of benzene rings is 2. The Hall–Kier alpha value is -3.87. The maximum atomic E-state index is 5.69. The fourth-order valence-electron chi connectivity index (χ4n) is 4.69. The molecule has 5 rings (SSSR count). The summed E-state index contributed by atoms with van der Waals surface area (Å²) in [4.78, 5) is 10.8. The summed E-state index contributed by atoms with van der Waals surface area (Å²) in [5.74, 6) is 2.92. The van der Waals surface area contributed by atoms with Crippen LogP contribution in [0.3, 0.4) is 0 Å². The average molecular weight is 455 g/mol. The van der Waals surface area contributed by atoms with Crippen molar-refractivity contribution in [3.63, 3.8) is 0 Å². The number of H-pyrrole nitrogens is 2. The van der Waals surface area contributed by atoms with Crippen LogP contribution in [0.15, 0.2) is 61.2 Å². The summed E-state index contributed by atoms with van der Waals surface area (Å²) in [6, 6.07) is 14.7. The number of fused-ring (bicyclic) bond motifs is 1. The number of hydrogen-bond acceptors (Lipinski definition) is 4. The number of aromatic nitrogens is 6. The highest BCUT2D eigenvalue weighted by Crippen LogP contribution is 2.26. The summed E-state index contributed by atoms with van der Waals surface area (Å²) >= 11 is 0. The molecule has 0 saturated heterocycles. The third-order valence-corrected chi connectivity index (χ3v) is 6.41. The van der Waals surface area contributed by atoms with Crippen LogP contribution in [0.25, 0.3) is 10.9 Å². The van der Waals surface area contributed by atoms with Crippen LogP contribution in [0, 0.1) is 6.92 Å². The van der Waals surface area contributed by atoms with Crippen molar-refractivity contribution in [3.8, 4) is 5.75 Å². The second-order valence-corrected chi connectivity index (χ2v) is 8.65. The van der Waals surface area contributed by atoms with Gasteiger partial charge < -0.3 is 19.3 Å². The molecule has 3 aromatic heterocycles. The summed E-state index contributed by atoms with van der Waals surface area (Å²) < 4.78 is 7.98. The predicted molar refractivity (Wildman–Crippen MR) is 133 cm³/mol. The van der Waals surface area contributed by atoms with E-state index in [4.69, 9.17) is 4.74 Å². The van der Waals surface area contributed by atoms with Gasteiger partial charge in [0.15, 0.2) is 0 Å². The monoisotopic (exact) mass is 454 g/mol. The molecule has 7 nitrogen and oxygen atoms in total. The summed E-state index contributed by atoms with van der Waals surface area (Å²) in [5.41, 5.74) is 5.82. The van der Waals surface area contributed by atoms with E-state index in [1.165, 1.54) is 16.5 Å². The topological polar surface area (TPSA) is 84.4 Å². The number of aromatic amines is 2. The average Bonchev–Trinajstić information content (AvgIpc) is 3.59. The molecule has 0 spiro atoms. The van der Waals surface area contributed by atoms with Crippen molar-refractivity contribution in [3.05, 3.63) is 95.2 Å². The van der Waals surface area contributed by atoms with Gasteiger partial charge in [0.1, 0.15) is 17.4 Å². The number of aryl methyl sites for hydroxylation is 4. The molecule has 7 heteroatoms. The van der Waals surface area contributed by atoms with Crippen LogP contribution in [0.5, 0.6) is 5.75 Å². The lowest BCUT2D eigenvalue weighted by Gasteiger charge is -2.13. The van der Waals surface area contributed by atoms with E-state index in [0.717, 1.165) is 66.4 Å². The Morgan fingerprint density at radius 1 is 0.912 bits per heavy atom. The van der Waals surface area contributed by atoms with Crippen molar-refractivity contribution in [1.82, 2.24) is 29.7 Å². The molecule has 2 N–H and O–H groups in total. The largest absolute Gasteiger partial charge is 0.496 e. The van der Waals surface area contributed by atoms with Crippen molar-refractivity contribution < 1.29 is 4.74 Å². The Kier molecular flexibility index (Phi) is 6.42. The molecule has 34 heavy (non-hydrogen) atoms. The van der Waals surface area contributed by atoms with Crippen LogP contribution in [0.4, 0.5) is 0 Å². The summed E-state index contributed by atoms with van der Waals surface area (Å²) in [6.07, 6.45) is 10.1. The van der Waals surface area contributed by atoms with Crippen LogP contribution in [-0.4, -0.2) is 36.8 Å². The van der Waals surface area contributed by atoms with Crippen LogP contribution >= 0.6 is 0 Å². The zero-order chi connectivity index (χ0) is 23.3. The van der Waals surface area contributed by atoms with E-state index in [1.807, 2.05) is 6.20 Å². The number of rotatable bonds is 10. The van der Waals surface area contributed by atoms with Gasteiger partial charge in [-0.05, 0) is 43.4 Å². The van der Waals surface area contributed by atoms with E-state index in [0.29, 0.717) is 6.42 Å². The van der Waals surface area contributed by atoms with E-state index in [-0.39, 0.29) is 0 Å². The molecule has 0 bridgehead atoms. The molecule has 0 amide bonds. The zero-order valence-corrected chi connectivity index (χ0v) is 19.7. The zero-order valence-electron chi connectivity index (χ0n) is 19.7. The minimum atomic E-state index is 0.688. The second-order valence-electron chi connectivity index (χ2n) is 8.65. The second kappa shape index (κ2) is 9.95. The standard InChI is InChI=1S/C27H30N6O/c1-19-7-5-8-20(27(19)34-2)15-26-32-31-25(33(26)14-6-9-22-17-28-18-30-22)13-12-21-16-29-24-11-4-3-10-23(21)24/h3-5,7-8,10-11,16-18,29H,6,9,12-15H2,1-2H3,(H,28,30). The first kappa shape index (κ1) is 21.9. The SMILES string of the molecule is COc1c(C)cccc1Cc1nnc(CCc2c[nH]c3ccccc23)n1CCCc1c[nH]cn1. The molecule has 174 valence electrons. The van der Waals surface area contributed by atoms with Gasteiger partial charge in [0.05, 0.1) is 19.1 Å². The van der Waals surface area contributed by atoms with Crippen molar-refractivity contribution in [2.45, 2.75) is 45.6 Å². The molecule has 0 saturated carbocycles. The first-order chi connectivity index (χ1) is 16.7. The Labute approximate surface area is 199 Å². The third-order valence-electron chi connectivity index (χ3n) is 6.41. The highest BCUT2D eigenvalue weighted by molar-refractivity contribution is 5.83. The summed E-state index contributed by atoms with van der Waals surface area (Å²) in [5, 5.41) is 10.5. The highest BCUT2D eigenvalue weighted by atomic mass is 16.5. The fraction of sp³-hybridized carbons (Fsp3) is 0.296. The van der Waals surface area contributed by atoms with E-state index >= 15 is 0 Å². The Morgan fingerprint density at radius 2 is 1.79 bits per heavy atom. The van der Waals surface area contributed by atoms with Crippen molar-refractivity contribution in [1.29, 1.82) is 0 Å². The molecular weight excluding hydrogens is 424 g/mol. The van der Waals surface area contributed by atoms with Gasteiger partial charge in [-0.1, -0.05) is 36.4 Å². The molecule has 0 fully saturated rings. The number of para-hydroxylation sites is 2. The van der Waals surface area contributed by atoms with Crippen molar-refractivity contribution in [2.75, 3.05) is 7.11 Å². The van der Waals surface area contributed by atoms with Crippen LogP contribution in [0.1, 0.15) is 40.5 Å². The van der Waals surface area contributed by atoms with Gasteiger partial charge in [0.2, 0.25) is 0 Å². The lowest BCUT2D eigenvalue weighted by atomic mass is 10.1. The minimum absolute atomic E-state index is 0.688. The van der Waals surface area contributed by atoms with Gasteiger partial charge in [-0.3, -0.25) is 0 Å².